The molecule has 7 nitrogen and oxygen atoms in total. The average Bonchev–Trinajstić information content (AvgIpc) is 3.48. The van der Waals surface area contributed by atoms with Crippen molar-refractivity contribution in [2.24, 2.45) is 0 Å². The normalized spacial score (nSPS) is 19.1. The third-order valence-electron chi connectivity index (χ3n) is 5.89. The molecule has 0 bridgehead atoms. The van der Waals surface area contributed by atoms with Gasteiger partial charge in [0.2, 0.25) is 6.79 Å². The molecule has 2 aliphatic rings. The molecule has 0 radical (unpaired) electrons. The number of Topliss-reactive ketones (excluding diaryl/α,β-unsaturated/α-hetero) is 1. The van der Waals surface area contributed by atoms with Crippen molar-refractivity contribution in [3.8, 4) is 11.5 Å². The van der Waals surface area contributed by atoms with Gasteiger partial charge in [0.05, 0.1) is 5.57 Å². The summed E-state index contributed by atoms with van der Waals surface area (Å²) in [7, 11) is 0. The molecule has 1 atom stereocenters. The fourth-order valence-electron chi connectivity index (χ4n) is 4.05. The summed E-state index contributed by atoms with van der Waals surface area (Å²) < 4.78 is 16.6. The number of aliphatic hydroxyl groups is 1. The lowest BCUT2D eigenvalue weighted by Gasteiger charge is -2.23. The molecule has 1 aromatic heterocycles. The maximum absolute atomic E-state index is 13.2. The van der Waals surface area contributed by atoms with E-state index in [1.54, 1.807) is 49.4 Å². The second-order valence-electron chi connectivity index (χ2n) is 7.95. The Morgan fingerprint density at radius 2 is 1.72 bits per heavy atom. The van der Waals surface area contributed by atoms with E-state index in [4.69, 9.17) is 13.9 Å². The summed E-state index contributed by atoms with van der Waals surface area (Å²) >= 11 is 0. The number of amides is 1. The van der Waals surface area contributed by atoms with Crippen LogP contribution in [0.1, 0.15) is 34.3 Å². The lowest BCUT2D eigenvalue weighted by atomic mass is 9.97. The van der Waals surface area contributed by atoms with Gasteiger partial charge in [0, 0.05) is 17.3 Å². The average molecular weight is 431 g/mol. The first-order valence-corrected chi connectivity index (χ1v) is 10.2. The van der Waals surface area contributed by atoms with Crippen LogP contribution in [-0.4, -0.2) is 23.6 Å². The van der Waals surface area contributed by atoms with Crippen LogP contribution in [-0.2, 0) is 9.59 Å². The summed E-state index contributed by atoms with van der Waals surface area (Å²) in [4.78, 5) is 27.7. The van der Waals surface area contributed by atoms with Crippen molar-refractivity contribution < 1.29 is 28.6 Å². The van der Waals surface area contributed by atoms with Crippen molar-refractivity contribution in [2.75, 3.05) is 11.7 Å². The highest BCUT2D eigenvalue weighted by Gasteiger charge is 2.48. The molecule has 1 fully saturated rings. The summed E-state index contributed by atoms with van der Waals surface area (Å²) in [6.07, 6.45) is 0. The summed E-state index contributed by atoms with van der Waals surface area (Å²) in [5.74, 6) is 0.269. The van der Waals surface area contributed by atoms with Crippen molar-refractivity contribution in [2.45, 2.75) is 26.8 Å². The highest BCUT2D eigenvalue weighted by Crippen LogP contribution is 2.45. The van der Waals surface area contributed by atoms with Crippen molar-refractivity contribution in [1.29, 1.82) is 0 Å². The number of aliphatic hydroxyl groups excluding tert-OH is 1. The standard InChI is InChI=1S/C25H21NO6/c1-13-4-6-16(10-14(13)2)23(27)21-22(19-8-5-15(3)32-19)26(25(29)24(21)28)17-7-9-18-20(11-17)31-12-30-18/h4-11,22,27H,12H2,1-3H3/b23-21-. The number of furan rings is 1. The fourth-order valence-corrected chi connectivity index (χ4v) is 4.05. The number of rotatable bonds is 3. The molecule has 2 aliphatic heterocycles. The number of carbonyl (C=O) groups excluding carboxylic acids is 2. The molecule has 162 valence electrons. The summed E-state index contributed by atoms with van der Waals surface area (Å²) in [6, 6.07) is 12.9. The number of benzene rings is 2. The number of ether oxygens (including phenoxy) is 2. The van der Waals surface area contributed by atoms with E-state index in [2.05, 4.69) is 0 Å². The number of carbonyl (C=O) groups is 2. The third kappa shape index (κ3) is 3.05. The van der Waals surface area contributed by atoms with Crippen LogP contribution >= 0.6 is 0 Å². The zero-order valence-corrected chi connectivity index (χ0v) is 17.8. The Bertz CT molecular complexity index is 1300. The highest BCUT2D eigenvalue weighted by atomic mass is 16.7. The quantitative estimate of drug-likeness (QED) is 0.372. The topological polar surface area (TPSA) is 89.2 Å². The molecular formula is C25H21NO6. The third-order valence-corrected chi connectivity index (χ3v) is 5.89. The van der Waals surface area contributed by atoms with Crippen LogP contribution in [0.2, 0.25) is 0 Å². The van der Waals surface area contributed by atoms with Crippen molar-refractivity contribution in [3.05, 3.63) is 82.3 Å². The Morgan fingerprint density at radius 3 is 2.44 bits per heavy atom. The van der Waals surface area contributed by atoms with Crippen LogP contribution < -0.4 is 14.4 Å². The molecule has 1 amide bonds. The van der Waals surface area contributed by atoms with Crippen LogP contribution in [0.4, 0.5) is 5.69 Å². The van der Waals surface area contributed by atoms with Gasteiger partial charge in [-0.25, -0.2) is 0 Å². The molecule has 32 heavy (non-hydrogen) atoms. The van der Waals surface area contributed by atoms with Gasteiger partial charge >= 0.3 is 0 Å². The molecule has 5 rings (SSSR count). The van der Waals surface area contributed by atoms with Gasteiger partial charge in [0.15, 0.2) is 11.5 Å². The molecule has 3 aromatic rings. The molecule has 0 aliphatic carbocycles. The minimum Gasteiger partial charge on any atom is -0.507 e. The number of hydrogen-bond donors (Lipinski definition) is 1. The number of fused-ring (bicyclic) bond motifs is 1. The molecule has 0 spiro atoms. The fraction of sp³-hybridized carbons (Fsp3) is 0.200. The Hall–Kier alpha value is -4.00. The van der Waals surface area contributed by atoms with Gasteiger partial charge in [-0.15, -0.1) is 0 Å². The first-order valence-electron chi connectivity index (χ1n) is 10.2. The van der Waals surface area contributed by atoms with E-state index < -0.39 is 17.7 Å². The van der Waals surface area contributed by atoms with Crippen LogP contribution in [0.25, 0.3) is 5.76 Å². The van der Waals surface area contributed by atoms with Crippen molar-refractivity contribution in [3.63, 3.8) is 0 Å². The minimum absolute atomic E-state index is 0.0229. The summed E-state index contributed by atoms with van der Waals surface area (Å²) in [5, 5.41) is 11.2. The van der Waals surface area contributed by atoms with E-state index in [1.807, 2.05) is 19.9 Å². The van der Waals surface area contributed by atoms with Crippen LogP contribution in [0.5, 0.6) is 11.5 Å². The predicted octanol–water partition coefficient (Wildman–Crippen LogP) is 4.56. The second-order valence-corrected chi connectivity index (χ2v) is 7.95. The Labute approximate surface area is 184 Å². The molecule has 1 unspecified atom stereocenters. The van der Waals surface area contributed by atoms with Crippen LogP contribution in [0.15, 0.2) is 58.5 Å². The molecule has 7 heteroatoms. The van der Waals surface area contributed by atoms with Crippen LogP contribution in [0, 0.1) is 20.8 Å². The number of hydrogen-bond acceptors (Lipinski definition) is 6. The van der Waals surface area contributed by atoms with Crippen LogP contribution in [0.3, 0.4) is 0 Å². The lowest BCUT2D eigenvalue weighted by Crippen LogP contribution is -2.29. The van der Waals surface area contributed by atoms with E-state index in [-0.39, 0.29) is 18.1 Å². The highest BCUT2D eigenvalue weighted by molar-refractivity contribution is 6.51. The SMILES string of the molecule is Cc1ccc(C2/C(=C(/O)c3ccc(C)c(C)c3)C(=O)C(=O)N2c2ccc3c(c2)OCO3)o1. The number of ketones is 1. The first-order chi connectivity index (χ1) is 15.3. The number of anilines is 1. The Balaban J connectivity index is 1.70. The molecule has 3 heterocycles. The van der Waals surface area contributed by atoms with E-state index in [0.717, 1.165) is 11.1 Å². The van der Waals surface area contributed by atoms with Gasteiger partial charge < -0.3 is 19.0 Å². The first kappa shape index (κ1) is 19.9. The maximum Gasteiger partial charge on any atom is 0.300 e. The van der Waals surface area contributed by atoms with E-state index in [9.17, 15) is 14.7 Å². The number of aryl methyl sites for hydroxylation is 3. The van der Waals surface area contributed by atoms with E-state index in [1.165, 1.54) is 4.90 Å². The zero-order chi connectivity index (χ0) is 22.6. The maximum atomic E-state index is 13.2. The molecule has 2 aromatic carbocycles. The van der Waals surface area contributed by atoms with E-state index in [0.29, 0.717) is 34.3 Å². The van der Waals surface area contributed by atoms with Gasteiger partial charge in [-0.3, -0.25) is 14.5 Å². The number of nitrogens with zero attached hydrogens (tertiary/aromatic N) is 1. The molecule has 1 saturated heterocycles. The van der Waals surface area contributed by atoms with Crippen molar-refractivity contribution >= 4 is 23.1 Å². The van der Waals surface area contributed by atoms with Crippen molar-refractivity contribution in [1.82, 2.24) is 0 Å². The smallest absolute Gasteiger partial charge is 0.300 e. The van der Waals surface area contributed by atoms with Gasteiger partial charge in [-0.05, 0) is 62.2 Å². The zero-order valence-electron chi connectivity index (χ0n) is 17.8. The minimum atomic E-state index is -0.925. The lowest BCUT2D eigenvalue weighted by molar-refractivity contribution is -0.132. The van der Waals surface area contributed by atoms with Gasteiger partial charge in [0.1, 0.15) is 23.3 Å². The molecule has 0 saturated carbocycles. The Morgan fingerprint density at radius 1 is 0.938 bits per heavy atom. The predicted molar refractivity (Wildman–Crippen MR) is 117 cm³/mol. The van der Waals surface area contributed by atoms with Gasteiger partial charge in [-0.1, -0.05) is 12.1 Å². The van der Waals surface area contributed by atoms with Gasteiger partial charge in [-0.2, -0.15) is 0 Å². The summed E-state index contributed by atoms with van der Waals surface area (Å²) in [6.45, 7) is 5.75. The molecular weight excluding hydrogens is 410 g/mol. The summed E-state index contributed by atoms with van der Waals surface area (Å²) in [5.41, 5.74) is 2.90. The molecule has 1 N–H and O–H groups in total. The largest absolute Gasteiger partial charge is 0.507 e. The Kier molecular flexibility index (Phi) is 4.55. The monoisotopic (exact) mass is 431 g/mol. The second kappa shape index (κ2) is 7.30. The van der Waals surface area contributed by atoms with Gasteiger partial charge in [0.25, 0.3) is 11.7 Å². The van der Waals surface area contributed by atoms with E-state index >= 15 is 0 Å².